The highest BCUT2D eigenvalue weighted by molar-refractivity contribution is 7.21. The van der Waals surface area contributed by atoms with Gasteiger partial charge in [0.15, 0.2) is 0 Å². The molecule has 3 aromatic rings. The van der Waals surface area contributed by atoms with Crippen molar-refractivity contribution < 1.29 is 9.90 Å². The van der Waals surface area contributed by atoms with Gasteiger partial charge in [-0.15, -0.1) is 27.8 Å². The summed E-state index contributed by atoms with van der Waals surface area (Å²) in [6.45, 7) is 2.21. The molecule has 0 aliphatic heterocycles. The van der Waals surface area contributed by atoms with Gasteiger partial charge in [-0.1, -0.05) is 23.9 Å². The lowest BCUT2D eigenvalue weighted by atomic mass is 10.2. The first kappa shape index (κ1) is 17.2. The molecule has 3 heterocycles. The minimum atomic E-state index is -0.719. The molecule has 0 spiro atoms. The van der Waals surface area contributed by atoms with Gasteiger partial charge >= 0.3 is 0 Å². The second-order valence-corrected chi connectivity index (χ2v) is 8.02. The topological polar surface area (TPSA) is 75.1 Å². The van der Waals surface area contributed by atoms with E-state index in [9.17, 15) is 9.90 Å². The smallest absolute Gasteiger partial charge is 0.265 e. The average molecular weight is 380 g/mol. The molecule has 126 valence electrons. The number of aromatic nitrogens is 2. The van der Waals surface area contributed by atoms with Crippen LogP contribution >= 0.6 is 34.2 Å². The van der Waals surface area contributed by atoms with Gasteiger partial charge in [-0.25, -0.2) is 0 Å². The molecule has 8 heteroatoms. The number of aliphatic hydroxyl groups is 1. The van der Waals surface area contributed by atoms with Crippen molar-refractivity contribution in [2.24, 2.45) is 0 Å². The van der Waals surface area contributed by atoms with Gasteiger partial charge in [-0.05, 0) is 41.5 Å². The van der Waals surface area contributed by atoms with E-state index in [1.54, 1.807) is 22.7 Å². The lowest BCUT2D eigenvalue weighted by Gasteiger charge is -2.09. The monoisotopic (exact) mass is 379 g/mol. The Bertz CT molecular complexity index is 795. The van der Waals surface area contributed by atoms with Crippen LogP contribution in [0.3, 0.4) is 0 Å². The summed E-state index contributed by atoms with van der Waals surface area (Å²) in [5.74, 6) is -0.220. The number of amides is 1. The van der Waals surface area contributed by atoms with Gasteiger partial charge in [-0.2, -0.15) is 0 Å². The fourth-order valence-electron chi connectivity index (χ4n) is 2.23. The minimum Gasteiger partial charge on any atom is -0.386 e. The zero-order chi connectivity index (χ0) is 16.9. The Morgan fingerprint density at radius 1 is 1.33 bits per heavy atom. The number of rotatable bonds is 7. The van der Waals surface area contributed by atoms with Crippen molar-refractivity contribution in [2.45, 2.75) is 25.9 Å². The van der Waals surface area contributed by atoms with Crippen molar-refractivity contribution in [3.8, 4) is 9.75 Å². The molecule has 0 fully saturated rings. The molecule has 0 aliphatic carbocycles. The van der Waals surface area contributed by atoms with Crippen molar-refractivity contribution in [2.75, 3.05) is 6.54 Å². The van der Waals surface area contributed by atoms with Crippen LogP contribution in [0.15, 0.2) is 29.6 Å². The molecule has 0 aromatic carbocycles. The van der Waals surface area contributed by atoms with E-state index in [-0.39, 0.29) is 12.5 Å². The van der Waals surface area contributed by atoms with E-state index in [1.807, 2.05) is 30.5 Å². The van der Waals surface area contributed by atoms with Crippen molar-refractivity contribution >= 4 is 40.1 Å². The summed E-state index contributed by atoms with van der Waals surface area (Å²) in [6, 6.07) is 7.98. The van der Waals surface area contributed by atoms with Crippen LogP contribution in [-0.4, -0.2) is 27.1 Å². The summed E-state index contributed by atoms with van der Waals surface area (Å²) in [7, 11) is 0. The highest BCUT2D eigenvalue weighted by atomic mass is 32.1. The second kappa shape index (κ2) is 7.98. The summed E-state index contributed by atoms with van der Waals surface area (Å²) in [5, 5.41) is 19.1. The molecule has 2 N–H and O–H groups in total. The van der Waals surface area contributed by atoms with E-state index in [1.165, 1.54) is 4.88 Å². The van der Waals surface area contributed by atoms with Crippen molar-refractivity contribution in [1.29, 1.82) is 0 Å². The van der Waals surface area contributed by atoms with Crippen molar-refractivity contribution in [1.82, 2.24) is 14.9 Å². The third kappa shape index (κ3) is 3.89. The maximum absolute atomic E-state index is 12.2. The molecule has 5 nitrogen and oxygen atoms in total. The Hall–Kier alpha value is -1.61. The number of aliphatic hydroxyl groups excluding tert-OH is 1. The fourth-order valence-corrected chi connectivity index (χ4v) is 4.69. The summed E-state index contributed by atoms with van der Waals surface area (Å²) < 4.78 is 3.85. The summed E-state index contributed by atoms with van der Waals surface area (Å²) in [5.41, 5.74) is 0.727. The lowest BCUT2D eigenvalue weighted by molar-refractivity contribution is 0.0921. The van der Waals surface area contributed by atoms with Crippen LogP contribution in [0.4, 0.5) is 0 Å². The Morgan fingerprint density at radius 3 is 2.96 bits per heavy atom. The molecule has 0 saturated heterocycles. The molecule has 0 bridgehead atoms. The fraction of sp³-hybridized carbons (Fsp3) is 0.312. The molecule has 3 rings (SSSR count). The molecule has 24 heavy (non-hydrogen) atoms. The molecule has 3 aromatic heterocycles. The maximum Gasteiger partial charge on any atom is 0.265 e. The van der Waals surface area contributed by atoms with E-state index in [0.717, 1.165) is 39.8 Å². The Kier molecular flexibility index (Phi) is 5.72. The van der Waals surface area contributed by atoms with Gasteiger partial charge in [0.05, 0.1) is 5.69 Å². The standard InChI is InChI=1S/C16H17N3O2S3/c1-2-4-10-15(24-19-18-10)16(21)17-9-11(20)12-6-7-14(23-12)13-5-3-8-22-13/h3,5-8,11,20H,2,4,9H2,1H3,(H,17,21). The van der Waals surface area contributed by atoms with E-state index in [2.05, 4.69) is 21.0 Å². The molecule has 1 unspecified atom stereocenters. The van der Waals surface area contributed by atoms with Gasteiger partial charge in [0.2, 0.25) is 0 Å². The van der Waals surface area contributed by atoms with Gasteiger partial charge in [0.25, 0.3) is 5.91 Å². The Labute approximate surface area is 152 Å². The highest BCUT2D eigenvalue weighted by Crippen LogP contribution is 2.33. The SMILES string of the molecule is CCCc1nnsc1C(=O)NCC(O)c1ccc(-c2cccs2)s1. The number of aryl methyl sites for hydroxylation is 1. The predicted octanol–water partition coefficient (Wildman–Crippen LogP) is 3.74. The van der Waals surface area contributed by atoms with Crippen LogP contribution < -0.4 is 5.32 Å². The molecule has 1 amide bonds. The first-order chi connectivity index (χ1) is 11.7. The van der Waals surface area contributed by atoms with Gasteiger partial charge in [0, 0.05) is 21.2 Å². The molecular formula is C16H17N3O2S3. The summed E-state index contributed by atoms with van der Waals surface area (Å²) in [4.78, 5) is 15.9. The third-order valence-electron chi connectivity index (χ3n) is 3.42. The van der Waals surface area contributed by atoms with E-state index in [4.69, 9.17) is 0 Å². The quantitative estimate of drug-likeness (QED) is 0.656. The first-order valence-corrected chi connectivity index (χ1v) is 10.1. The number of carbonyl (C=O) groups excluding carboxylic acids is 1. The van der Waals surface area contributed by atoms with Gasteiger partial charge < -0.3 is 10.4 Å². The van der Waals surface area contributed by atoms with Gasteiger partial charge in [0.1, 0.15) is 11.0 Å². The molecule has 0 radical (unpaired) electrons. The first-order valence-electron chi connectivity index (χ1n) is 7.60. The Balaban J connectivity index is 1.60. The normalized spacial score (nSPS) is 12.2. The second-order valence-electron chi connectivity index (χ2n) is 5.20. The third-order valence-corrected chi connectivity index (χ3v) is 6.44. The lowest BCUT2D eigenvalue weighted by Crippen LogP contribution is -2.28. The predicted molar refractivity (Wildman–Crippen MR) is 98.8 cm³/mol. The Morgan fingerprint density at radius 2 is 2.21 bits per heavy atom. The van der Waals surface area contributed by atoms with Crippen LogP contribution in [-0.2, 0) is 6.42 Å². The number of hydrogen-bond donors (Lipinski definition) is 2. The number of nitrogens with one attached hydrogen (secondary N) is 1. The molecule has 0 saturated carbocycles. The van der Waals surface area contributed by atoms with Gasteiger partial charge in [-0.3, -0.25) is 4.79 Å². The van der Waals surface area contributed by atoms with Crippen LogP contribution in [0, 0.1) is 0 Å². The van der Waals surface area contributed by atoms with E-state index >= 15 is 0 Å². The molecule has 0 aliphatic rings. The van der Waals surface area contributed by atoms with Crippen molar-refractivity contribution in [3.05, 3.63) is 45.1 Å². The number of carbonyl (C=O) groups is 1. The van der Waals surface area contributed by atoms with Crippen LogP contribution in [0.25, 0.3) is 9.75 Å². The number of thiophene rings is 2. The summed E-state index contributed by atoms with van der Waals surface area (Å²) >= 11 is 4.31. The van der Waals surface area contributed by atoms with Crippen LogP contribution in [0.5, 0.6) is 0 Å². The molecule has 1 atom stereocenters. The largest absolute Gasteiger partial charge is 0.386 e. The van der Waals surface area contributed by atoms with Crippen LogP contribution in [0.2, 0.25) is 0 Å². The maximum atomic E-state index is 12.2. The molecular weight excluding hydrogens is 362 g/mol. The highest BCUT2D eigenvalue weighted by Gasteiger charge is 2.18. The summed E-state index contributed by atoms with van der Waals surface area (Å²) in [6.07, 6.45) is 0.925. The average Bonchev–Trinajstić information content (AvgIpc) is 3.31. The minimum absolute atomic E-state index is 0.173. The zero-order valence-electron chi connectivity index (χ0n) is 13.1. The number of nitrogens with zero attached hydrogens (tertiary/aromatic N) is 2. The zero-order valence-corrected chi connectivity index (χ0v) is 15.5. The number of hydrogen-bond acceptors (Lipinski definition) is 7. The van der Waals surface area contributed by atoms with Crippen LogP contribution in [0.1, 0.15) is 39.7 Å². The van der Waals surface area contributed by atoms with E-state index in [0.29, 0.717) is 4.88 Å². The van der Waals surface area contributed by atoms with E-state index < -0.39 is 6.10 Å². The van der Waals surface area contributed by atoms with Crippen molar-refractivity contribution in [3.63, 3.8) is 0 Å².